The summed E-state index contributed by atoms with van der Waals surface area (Å²) >= 11 is 0. The highest BCUT2D eigenvalue weighted by Gasteiger charge is 2.55. The van der Waals surface area contributed by atoms with Crippen molar-refractivity contribution in [1.29, 1.82) is 0 Å². The van der Waals surface area contributed by atoms with Crippen LogP contribution in [0.15, 0.2) is 60.7 Å². The van der Waals surface area contributed by atoms with E-state index in [-0.39, 0.29) is 5.41 Å². The topological polar surface area (TPSA) is 98.1 Å². The minimum atomic E-state index is -1.26. The lowest BCUT2D eigenvalue weighted by Gasteiger charge is -2.47. The molecule has 0 bridgehead atoms. The van der Waals surface area contributed by atoms with Crippen LogP contribution in [0, 0.1) is 18.3 Å². The fourth-order valence-electron chi connectivity index (χ4n) is 5.44. The molecule has 1 saturated heterocycles. The van der Waals surface area contributed by atoms with Gasteiger partial charge in [0.15, 0.2) is 0 Å². The summed E-state index contributed by atoms with van der Waals surface area (Å²) < 4.78 is 0. The van der Waals surface area contributed by atoms with Gasteiger partial charge >= 0.3 is 11.9 Å². The van der Waals surface area contributed by atoms with Crippen LogP contribution in [-0.4, -0.2) is 45.2 Å². The van der Waals surface area contributed by atoms with Crippen molar-refractivity contribution in [3.63, 3.8) is 0 Å². The molecule has 0 amide bonds. The van der Waals surface area contributed by atoms with Crippen LogP contribution < -0.4 is 0 Å². The number of fused-ring (bicyclic) bond motifs is 1. The van der Waals surface area contributed by atoms with Crippen molar-refractivity contribution in [3.05, 3.63) is 82.9 Å². The number of aliphatic hydroxyl groups is 1. The number of hydrogen-bond donors (Lipinski definition) is 3. The molecule has 4 rings (SSSR count). The Kier molecular flexibility index (Phi) is 7.95. The molecule has 6 nitrogen and oxygen atoms in total. The first-order valence-electron chi connectivity index (χ1n) is 11.8. The maximum Gasteiger partial charge on any atom is 0.328 e. The van der Waals surface area contributed by atoms with Crippen molar-refractivity contribution < 1.29 is 24.9 Å². The Morgan fingerprint density at radius 1 is 1.00 bits per heavy atom. The molecular formula is C28H35NO5. The van der Waals surface area contributed by atoms with Crippen molar-refractivity contribution in [2.24, 2.45) is 11.3 Å². The van der Waals surface area contributed by atoms with Crippen LogP contribution in [0.3, 0.4) is 0 Å². The average Bonchev–Trinajstić information content (AvgIpc) is 3.00. The summed E-state index contributed by atoms with van der Waals surface area (Å²) in [5.74, 6) is -2.17. The van der Waals surface area contributed by atoms with Crippen LogP contribution in [-0.2, 0) is 28.2 Å². The Labute approximate surface area is 201 Å². The number of rotatable bonds is 5. The zero-order valence-corrected chi connectivity index (χ0v) is 20.2. The minimum Gasteiger partial charge on any atom is -0.478 e. The highest BCUT2D eigenvalue weighted by molar-refractivity contribution is 5.89. The van der Waals surface area contributed by atoms with E-state index in [2.05, 4.69) is 74.2 Å². The fraction of sp³-hybridized carbons (Fsp3) is 0.429. The number of hydrogen-bond acceptors (Lipinski definition) is 4. The molecule has 1 unspecified atom stereocenters. The molecule has 0 spiro atoms. The molecule has 1 heterocycles. The highest BCUT2D eigenvalue weighted by Crippen LogP contribution is 2.56. The second-order valence-corrected chi connectivity index (χ2v) is 10.0. The van der Waals surface area contributed by atoms with Gasteiger partial charge in [-0.3, -0.25) is 4.90 Å². The third kappa shape index (κ3) is 5.75. The Bertz CT molecular complexity index is 1020. The number of carbonyl (C=O) groups is 2. The fourth-order valence-corrected chi connectivity index (χ4v) is 5.44. The van der Waals surface area contributed by atoms with Crippen LogP contribution in [0.5, 0.6) is 0 Å². The summed E-state index contributed by atoms with van der Waals surface area (Å²) in [6, 6.07) is 17.4. The van der Waals surface area contributed by atoms with Gasteiger partial charge < -0.3 is 15.3 Å². The number of carboxylic acid groups (broad SMARTS) is 2. The van der Waals surface area contributed by atoms with Crippen LogP contribution in [0.1, 0.15) is 48.9 Å². The summed E-state index contributed by atoms with van der Waals surface area (Å²) in [5.41, 5.74) is 4.37. The van der Waals surface area contributed by atoms with Gasteiger partial charge in [-0.25, -0.2) is 9.59 Å². The van der Waals surface area contributed by atoms with Crippen molar-refractivity contribution in [3.8, 4) is 0 Å². The lowest BCUT2D eigenvalue weighted by Crippen LogP contribution is -2.49. The number of aliphatic carboxylic acids is 2. The number of nitrogens with zero attached hydrogens (tertiary/aromatic N) is 1. The molecule has 6 heteroatoms. The Morgan fingerprint density at radius 3 is 2.15 bits per heavy atom. The molecule has 0 aromatic heterocycles. The number of benzene rings is 2. The zero-order valence-electron chi connectivity index (χ0n) is 20.2. The third-order valence-electron chi connectivity index (χ3n) is 7.14. The molecule has 2 aromatic carbocycles. The van der Waals surface area contributed by atoms with Crippen LogP contribution >= 0.6 is 0 Å². The van der Waals surface area contributed by atoms with Gasteiger partial charge in [-0.05, 0) is 61.9 Å². The molecule has 1 atom stereocenters. The maximum absolute atomic E-state index is 12.0. The molecule has 0 radical (unpaired) electrons. The van der Waals surface area contributed by atoms with Crippen LogP contribution in [0.2, 0.25) is 0 Å². The second-order valence-electron chi connectivity index (χ2n) is 10.0. The highest BCUT2D eigenvalue weighted by atomic mass is 16.4. The van der Waals surface area contributed by atoms with E-state index in [0.29, 0.717) is 18.1 Å². The minimum absolute atomic E-state index is 0.102. The standard InChI is InChI=1S/C24H31NO.C4H4O4/c1-18-9-10-20-16-23(2,3)24(26,22(20)15-18)21-11-13-25(14-12-21)17-19-7-5-4-6-8-19;5-3(6)1-2-4(7)8/h4-10,15,21,26H,11-14,16-17H2,1-3H3;1-2H,(H,5,6)(H,7,8)/b;2-1+. The third-order valence-corrected chi connectivity index (χ3v) is 7.14. The molecule has 1 fully saturated rings. The van der Waals surface area contributed by atoms with E-state index < -0.39 is 17.5 Å². The van der Waals surface area contributed by atoms with E-state index in [1.165, 1.54) is 22.3 Å². The van der Waals surface area contributed by atoms with Gasteiger partial charge in [0.25, 0.3) is 0 Å². The van der Waals surface area contributed by atoms with E-state index >= 15 is 0 Å². The Balaban J connectivity index is 0.000000350. The van der Waals surface area contributed by atoms with Crippen molar-refractivity contribution in [2.45, 2.75) is 52.2 Å². The predicted molar refractivity (Wildman–Crippen MR) is 131 cm³/mol. The number of likely N-dealkylation sites (tertiary alicyclic amines) is 1. The number of carboxylic acids is 2. The first kappa shape index (κ1) is 25.7. The van der Waals surface area contributed by atoms with E-state index in [4.69, 9.17) is 10.2 Å². The van der Waals surface area contributed by atoms with E-state index in [0.717, 1.165) is 38.9 Å². The molecule has 34 heavy (non-hydrogen) atoms. The summed E-state index contributed by atoms with van der Waals surface area (Å²) in [6.07, 6.45) is 4.23. The average molecular weight is 466 g/mol. The lowest BCUT2D eigenvalue weighted by atomic mass is 9.65. The molecule has 2 aliphatic rings. The molecule has 1 aliphatic carbocycles. The van der Waals surface area contributed by atoms with Gasteiger partial charge in [-0.1, -0.05) is 67.9 Å². The molecule has 182 valence electrons. The van der Waals surface area contributed by atoms with Crippen LogP contribution in [0.4, 0.5) is 0 Å². The van der Waals surface area contributed by atoms with E-state index in [1.807, 2.05) is 0 Å². The maximum atomic E-state index is 12.0. The van der Waals surface area contributed by atoms with Gasteiger partial charge in [0.05, 0.1) is 5.60 Å². The van der Waals surface area contributed by atoms with Crippen LogP contribution in [0.25, 0.3) is 0 Å². The van der Waals surface area contributed by atoms with Crippen molar-refractivity contribution in [2.75, 3.05) is 13.1 Å². The van der Waals surface area contributed by atoms with Gasteiger partial charge in [-0.15, -0.1) is 0 Å². The summed E-state index contributed by atoms with van der Waals surface area (Å²) in [5, 5.41) is 27.6. The van der Waals surface area contributed by atoms with Crippen molar-refractivity contribution >= 4 is 11.9 Å². The normalized spacial score (nSPS) is 22.1. The zero-order chi connectivity index (χ0) is 24.9. The van der Waals surface area contributed by atoms with Gasteiger partial charge in [0.2, 0.25) is 0 Å². The first-order valence-corrected chi connectivity index (χ1v) is 11.8. The van der Waals surface area contributed by atoms with E-state index in [1.54, 1.807) is 0 Å². The van der Waals surface area contributed by atoms with Gasteiger partial charge in [0, 0.05) is 24.1 Å². The largest absolute Gasteiger partial charge is 0.478 e. The molecule has 2 aromatic rings. The SMILES string of the molecule is Cc1ccc2c(c1)C(O)(C1CCN(Cc3ccccc3)CC1)C(C)(C)C2.O=C(O)/C=C/C(=O)O. The van der Waals surface area contributed by atoms with Crippen molar-refractivity contribution in [1.82, 2.24) is 4.90 Å². The smallest absolute Gasteiger partial charge is 0.328 e. The van der Waals surface area contributed by atoms with E-state index in [9.17, 15) is 14.7 Å². The molecule has 1 aliphatic heterocycles. The Hall–Kier alpha value is -2.96. The quantitative estimate of drug-likeness (QED) is 0.567. The number of aryl methyl sites for hydroxylation is 1. The molecular weight excluding hydrogens is 430 g/mol. The second kappa shape index (κ2) is 10.5. The number of piperidine rings is 1. The summed E-state index contributed by atoms with van der Waals surface area (Å²) in [7, 11) is 0. The lowest BCUT2D eigenvalue weighted by molar-refractivity contribution is -0.134. The Morgan fingerprint density at radius 2 is 1.59 bits per heavy atom. The summed E-state index contributed by atoms with van der Waals surface area (Å²) in [4.78, 5) is 21.6. The first-order chi connectivity index (χ1) is 16.0. The molecule has 3 N–H and O–H groups in total. The summed E-state index contributed by atoms with van der Waals surface area (Å²) in [6.45, 7) is 9.79. The predicted octanol–water partition coefficient (Wildman–Crippen LogP) is 4.39. The van der Waals surface area contributed by atoms with Gasteiger partial charge in [-0.2, -0.15) is 0 Å². The molecule has 0 saturated carbocycles. The van der Waals surface area contributed by atoms with Gasteiger partial charge in [0.1, 0.15) is 0 Å². The monoisotopic (exact) mass is 465 g/mol.